The Morgan fingerprint density at radius 3 is 2.45 bits per heavy atom. The number of alkyl halides is 3. The molecule has 0 spiro atoms. The van der Waals surface area contributed by atoms with Crippen molar-refractivity contribution in [2.45, 2.75) is 26.6 Å². The van der Waals surface area contributed by atoms with Crippen molar-refractivity contribution in [3.8, 4) is 0 Å². The van der Waals surface area contributed by atoms with Gasteiger partial charge in [-0.05, 0) is 36.2 Å². The lowest BCUT2D eigenvalue weighted by molar-refractivity contribution is -0.119. The molecule has 2 nitrogen and oxygen atoms in total. The van der Waals surface area contributed by atoms with Crippen LogP contribution in [0.2, 0.25) is 0 Å². The summed E-state index contributed by atoms with van der Waals surface area (Å²) in [6, 6.07) is 3.83. The van der Waals surface area contributed by atoms with Gasteiger partial charge in [-0.3, -0.25) is 0 Å². The number of hydrogen-bond acceptors (Lipinski definition) is 2. The summed E-state index contributed by atoms with van der Waals surface area (Å²) >= 11 is 0. The van der Waals surface area contributed by atoms with Gasteiger partial charge in [0.15, 0.2) is 0 Å². The Kier molecular flexibility index (Phi) is 5.80. The first-order valence-corrected chi connectivity index (χ1v) is 6.46. The van der Waals surface area contributed by atoms with Gasteiger partial charge in [-0.1, -0.05) is 13.8 Å². The number of rotatable bonds is 6. The summed E-state index contributed by atoms with van der Waals surface area (Å²) in [6.45, 7) is 4.05. The van der Waals surface area contributed by atoms with Crippen molar-refractivity contribution in [2.75, 3.05) is 25.0 Å². The van der Waals surface area contributed by atoms with Crippen molar-refractivity contribution in [2.24, 2.45) is 5.92 Å². The van der Waals surface area contributed by atoms with Crippen LogP contribution in [0.4, 0.5) is 23.2 Å². The standard InChI is InChI=1S/C14H20F4N2/c1-10(2)7-19-8-11-6-12(15)4-5-13(11)20(3)9-14(16,17)18/h4-6,10,19H,7-9H2,1-3H3. The zero-order valence-electron chi connectivity index (χ0n) is 11.9. The molecule has 1 N–H and O–H groups in total. The maximum Gasteiger partial charge on any atom is 0.405 e. The molecule has 0 aromatic heterocycles. The Morgan fingerprint density at radius 1 is 1.25 bits per heavy atom. The average molecular weight is 292 g/mol. The number of benzene rings is 1. The molecule has 0 unspecified atom stereocenters. The number of hydrogen-bond donors (Lipinski definition) is 1. The maximum absolute atomic E-state index is 13.3. The molecule has 0 fully saturated rings. The summed E-state index contributed by atoms with van der Waals surface area (Å²) in [5.41, 5.74) is 0.914. The molecule has 1 aromatic rings. The van der Waals surface area contributed by atoms with Crippen LogP contribution in [-0.4, -0.2) is 26.3 Å². The highest BCUT2D eigenvalue weighted by Gasteiger charge is 2.30. The van der Waals surface area contributed by atoms with Crippen LogP contribution < -0.4 is 10.2 Å². The number of nitrogens with one attached hydrogen (secondary N) is 1. The summed E-state index contributed by atoms with van der Waals surface area (Å²) in [5, 5.41) is 3.11. The Labute approximate surface area is 116 Å². The second-order valence-corrected chi connectivity index (χ2v) is 5.27. The van der Waals surface area contributed by atoms with Crippen LogP contribution in [-0.2, 0) is 6.54 Å². The normalized spacial score (nSPS) is 12.0. The van der Waals surface area contributed by atoms with Crippen molar-refractivity contribution in [1.29, 1.82) is 0 Å². The zero-order chi connectivity index (χ0) is 15.3. The number of anilines is 1. The van der Waals surface area contributed by atoms with E-state index >= 15 is 0 Å². The van der Waals surface area contributed by atoms with E-state index in [1.807, 2.05) is 13.8 Å². The number of halogens is 4. The van der Waals surface area contributed by atoms with E-state index < -0.39 is 18.5 Å². The predicted octanol–water partition coefficient (Wildman–Crippen LogP) is 3.57. The van der Waals surface area contributed by atoms with Crippen LogP contribution in [0.3, 0.4) is 0 Å². The van der Waals surface area contributed by atoms with Gasteiger partial charge in [-0.25, -0.2) is 4.39 Å². The van der Waals surface area contributed by atoms with E-state index in [9.17, 15) is 17.6 Å². The topological polar surface area (TPSA) is 15.3 Å². The van der Waals surface area contributed by atoms with Crippen LogP contribution in [0.25, 0.3) is 0 Å². The Hall–Kier alpha value is -1.30. The third-order valence-corrected chi connectivity index (χ3v) is 2.74. The minimum atomic E-state index is -4.29. The maximum atomic E-state index is 13.3. The second-order valence-electron chi connectivity index (χ2n) is 5.27. The molecule has 0 saturated carbocycles. The third kappa shape index (κ3) is 5.77. The first-order chi connectivity index (χ1) is 9.19. The molecule has 20 heavy (non-hydrogen) atoms. The highest BCUT2D eigenvalue weighted by atomic mass is 19.4. The van der Waals surface area contributed by atoms with Gasteiger partial charge in [-0.15, -0.1) is 0 Å². The fourth-order valence-corrected chi connectivity index (χ4v) is 1.92. The molecule has 0 aliphatic rings. The van der Waals surface area contributed by atoms with Gasteiger partial charge >= 0.3 is 6.18 Å². The molecule has 6 heteroatoms. The largest absolute Gasteiger partial charge is 0.405 e. The van der Waals surface area contributed by atoms with Gasteiger partial charge in [0.1, 0.15) is 12.4 Å². The van der Waals surface area contributed by atoms with Crippen LogP contribution in [0.5, 0.6) is 0 Å². The lowest BCUT2D eigenvalue weighted by Gasteiger charge is -2.24. The summed E-state index contributed by atoms with van der Waals surface area (Å²) in [5.74, 6) is -0.0320. The van der Waals surface area contributed by atoms with E-state index in [0.29, 0.717) is 23.7 Å². The third-order valence-electron chi connectivity index (χ3n) is 2.74. The molecule has 0 heterocycles. The molecular formula is C14H20F4N2. The zero-order valence-corrected chi connectivity index (χ0v) is 11.9. The van der Waals surface area contributed by atoms with Crippen LogP contribution in [0.15, 0.2) is 18.2 Å². The molecule has 0 aliphatic heterocycles. The number of nitrogens with zero attached hydrogens (tertiary/aromatic N) is 1. The van der Waals surface area contributed by atoms with E-state index in [-0.39, 0.29) is 0 Å². The fourth-order valence-electron chi connectivity index (χ4n) is 1.92. The van der Waals surface area contributed by atoms with Crippen LogP contribution >= 0.6 is 0 Å². The molecule has 0 atom stereocenters. The fraction of sp³-hybridized carbons (Fsp3) is 0.571. The molecule has 0 radical (unpaired) electrons. The molecule has 0 bridgehead atoms. The van der Waals surface area contributed by atoms with Gasteiger partial charge in [0, 0.05) is 19.3 Å². The average Bonchev–Trinajstić information content (AvgIpc) is 2.25. The van der Waals surface area contributed by atoms with E-state index in [1.165, 1.54) is 25.2 Å². The molecule has 1 aromatic carbocycles. The first kappa shape index (κ1) is 16.8. The summed E-state index contributed by atoms with van der Waals surface area (Å²) in [4.78, 5) is 1.09. The van der Waals surface area contributed by atoms with Crippen molar-refractivity contribution < 1.29 is 17.6 Å². The SMILES string of the molecule is CC(C)CNCc1cc(F)ccc1N(C)CC(F)(F)F. The van der Waals surface area contributed by atoms with Crippen molar-refractivity contribution in [3.63, 3.8) is 0 Å². The van der Waals surface area contributed by atoms with Crippen molar-refractivity contribution in [1.82, 2.24) is 5.32 Å². The predicted molar refractivity (Wildman–Crippen MR) is 72.3 cm³/mol. The molecule has 0 saturated heterocycles. The highest BCUT2D eigenvalue weighted by Crippen LogP contribution is 2.25. The molecule has 0 aliphatic carbocycles. The molecular weight excluding hydrogens is 272 g/mol. The Morgan fingerprint density at radius 2 is 1.90 bits per heavy atom. The summed E-state index contributed by atoms with van der Waals surface area (Å²) < 4.78 is 50.6. The molecule has 114 valence electrons. The monoisotopic (exact) mass is 292 g/mol. The van der Waals surface area contributed by atoms with Crippen molar-refractivity contribution in [3.05, 3.63) is 29.6 Å². The van der Waals surface area contributed by atoms with Gasteiger partial charge in [0.2, 0.25) is 0 Å². The minimum Gasteiger partial charge on any atom is -0.365 e. The highest BCUT2D eigenvalue weighted by molar-refractivity contribution is 5.53. The minimum absolute atomic E-state index is 0.341. The molecule has 0 amide bonds. The smallest absolute Gasteiger partial charge is 0.365 e. The Balaban J connectivity index is 2.83. The van der Waals surface area contributed by atoms with Crippen molar-refractivity contribution >= 4 is 5.69 Å². The van der Waals surface area contributed by atoms with Gasteiger partial charge in [-0.2, -0.15) is 13.2 Å². The second kappa shape index (κ2) is 6.92. The Bertz CT molecular complexity index is 430. The lowest BCUT2D eigenvalue weighted by Crippen LogP contribution is -2.32. The van der Waals surface area contributed by atoms with E-state index in [4.69, 9.17) is 0 Å². The summed E-state index contributed by atoms with van der Waals surface area (Å²) in [7, 11) is 1.35. The van der Waals surface area contributed by atoms with Gasteiger partial charge < -0.3 is 10.2 Å². The first-order valence-electron chi connectivity index (χ1n) is 6.46. The van der Waals surface area contributed by atoms with Crippen LogP contribution in [0, 0.1) is 11.7 Å². The summed E-state index contributed by atoms with van der Waals surface area (Å²) in [6.07, 6.45) is -4.29. The van der Waals surface area contributed by atoms with E-state index in [0.717, 1.165) is 11.4 Å². The lowest BCUT2D eigenvalue weighted by atomic mass is 10.1. The van der Waals surface area contributed by atoms with Gasteiger partial charge in [0.25, 0.3) is 0 Å². The quantitative estimate of drug-likeness (QED) is 0.806. The van der Waals surface area contributed by atoms with E-state index in [1.54, 1.807) is 0 Å². The van der Waals surface area contributed by atoms with Gasteiger partial charge in [0.05, 0.1) is 0 Å². The van der Waals surface area contributed by atoms with E-state index in [2.05, 4.69) is 5.32 Å². The molecule has 1 rings (SSSR count). The van der Waals surface area contributed by atoms with Crippen LogP contribution in [0.1, 0.15) is 19.4 Å².